The van der Waals surface area contributed by atoms with E-state index in [0.717, 1.165) is 11.3 Å². The molecule has 0 unspecified atom stereocenters. The minimum absolute atomic E-state index is 0.165. The molecule has 25 heavy (non-hydrogen) atoms. The lowest BCUT2D eigenvalue weighted by molar-refractivity contribution is -0.119. The van der Waals surface area contributed by atoms with Gasteiger partial charge in [0.15, 0.2) is 16.9 Å². The predicted molar refractivity (Wildman–Crippen MR) is 94.7 cm³/mol. The molecule has 1 N–H and O–H groups in total. The van der Waals surface area contributed by atoms with Gasteiger partial charge >= 0.3 is 5.97 Å². The van der Waals surface area contributed by atoms with Crippen LogP contribution >= 0.6 is 22.9 Å². The summed E-state index contributed by atoms with van der Waals surface area (Å²) in [4.78, 5) is 28.1. The van der Waals surface area contributed by atoms with Crippen molar-refractivity contribution in [2.45, 2.75) is 0 Å². The Hall–Kier alpha value is -2.71. The van der Waals surface area contributed by atoms with Crippen LogP contribution in [0.25, 0.3) is 11.3 Å². The number of hydrogen-bond donors (Lipinski definition) is 1. The third-order valence-electron chi connectivity index (χ3n) is 3.21. The highest BCUT2D eigenvalue weighted by Gasteiger charge is 2.16. The molecule has 3 aromatic rings. The summed E-state index contributed by atoms with van der Waals surface area (Å²) in [6.45, 7) is -0.429. The molecule has 0 atom stereocenters. The van der Waals surface area contributed by atoms with Gasteiger partial charge in [-0.05, 0) is 0 Å². The Morgan fingerprint density at radius 2 is 2.08 bits per heavy atom. The lowest BCUT2D eigenvalue weighted by atomic mass is 10.2. The lowest BCUT2D eigenvalue weighted by Crippen LogP contribution is -2.21. The zero-order valence-electron chi connectivity index (χ0n) is 13.1. The van der Waals surface area contributed by atoms with Crippen LogP contribution in [0.3, 0.4) is 0 Å². The van der Waals surface area contributed by atoms with Gasteiger partial charge in [0.1, 0.15) is 5.69 Å². The second kappa shape index (κ2) is 7.45. The number of anilines is 1. The molecule has 0 spiro atoms. The average Bonchev–Trinajstić information content (AvgIpc) is 3.19. The first-order valence-corrected chi connectivity index (χ1v) is 8.46. The van der Waals surface area contributed by atoms with Crippen LogP contribution in [-0.2, 0) is 16.6 Å². The molecule has 1 amide bonds. The highest BCUT2D eigenvalue weighted by Crippen LogP contribution is 2.24. The zero-order valence-corrected chi connectivity index (χ0v) is 14.7. The maximum atomic E-state index is 11.9. The van der Waals surface area contributed by atoms with Gasteiger partial charge < -0.3 is 4.74 Å². The minimum Gasteiger partial charge on any atom is -0.451 e. The van der Waals surface area contributed by atoms with Gasteiger partial charge in [-0.3, -0.25) is 14.8 Å². The van der Waals surface area contributed by atoms with Crippen LogP contribution in [-0.4, -0.2) is 33.2 Å². The molecule has 0 saturated carbocycles. The average molecular weight is 377 g/mol. The van der Waals surface area contributed by atoms with Gasteiger partial charge in [-0.1, -0.05) is 41.9 Å². The van der Waals surface area contributed by atoms with Crippen molar-refractivity contribution in [2.24, 2.45) is 7.05 Å². The van der Waals surface area contributed by atoms with Crippen LogP contribution in [0.4, 0.5) is 5.13 Å². The second-order valence-electron chi connectivity index (χ2n) is 5.00. The van der Waals surface area contributed by atoms with E-state index in [4.69, 9.17) is 16.3 Å². The van der Waals surface area contributed by atoms with E-state index < -0.39 is 18.5 Å². The van der Waals surface area contributed by atoms with E-state index in [-0.39, 0.29) is 10.8 Å². The van der Waals surface area contributed by atoms with Crippen LogP contribution in [0, 0.1) is 0 Å². The number of nitrogens with zero attached hydrogens (tertiary/aromatic N) is 3. The molecule has 9 heteroatoms. The fraction of sp³-hybridized carbons (Fsp3) is 0.125. The third kappa shape index (κ3) is 4.23. The number of carbonyl (C=O) groups excluding carboxylic acids is 2. The number of esters is 1. The summed E-state index contributed by atoms with van der Waals surface area (Å²) < 4.78 is 6.24. The molecular weight excluding hydrogens is 364 g/mol. The lowest BCUT2D eigenvalue weighted by Gasteiger charge is -2.04. The first kappa shape index (κ1) is 17.1. The van der Waals surface area contributed by atoms with E-state index in [2.05, 4.69) is 15.4 Å². The van der Waals surface area contributed by atoms with Crippen molar-refractivity contribution in [3.8, 4) is 11.3 Å². The molecule has 2 heterocycles. The first-order valence-electron chi connectivity index (χ1n) is 7.20. The number of halogens is 1. The number of thiazole rings is 1. The zero-order chi connectivity index (χ0) is 17.8. The molecule has 0 radical (unpaired) electrons. The van der Waals surface area contributed by atoms with E-state index in [1.54, 1.807) is 7.05 Å². The maximum Gasteiger partial charge on any atom is 0.357 e. The van der Waals surface area contributed by atoms with Crippen LogP contribution in [0.1, 0.15) is 10.5 Å². The number of amides is 1. The van der Waals surface area contributed by atoms with Crippen molar-refractivity contribution >= 4 is 39.9 Å². The summed E-state index contributed by atoms with van der Waals surface area (Å²) in [7, 11) is 1.56. The van der Waals surface area contributed by atoms with Gasteiger partial charge in [0.2, 0.25) is 0 Å². The van der Waals surface area contributed by atoms with Crippen molar-refractivity contribution in [3.63, 3.8) is 0 Å². The monoisotopic (exact) mass is 376 g/mol. The van der Waals surface area contributed by atoms with E-state index in [1.807, 2.05) is 35.7 Å². The largest absolute Gasteiger partial charge is 0.451 e. The van der Waals surface area contributed by atoms with Crippen molar-refractivity contribution in [2.75, 3.05) is 11.9 Å². The topological polar surface area (TPSA) is 86.1 Å². The number of aryl methyl sites for hydroxylation is 1. The van der Waals surface area contributed by atoms with Gasteiger partial charge in [0.05, 0.1) is 5.69 Å². The van der Waals surface area contributed by atoms with Gasteiger partial charge in [-0.15, -0.1) is 11.3 Å². The smallest absolute Gasteiger partial charge is 0.357 e. The molecule has 0 fully saturated rings. The Morgan fingerprint density at radius 1 is 1.32 bits per heavy atom. The Labute approximate surface area is 152 Å². The second-order valence-corrected chi connectivity index (χ2v) is 6.25. The maximum absolute atomic E-state index is 11.9. The molecule has 0 aliphatic carbocycles. The van der Waals surface area contributed by atoms with Crippen molar-refractivity contribution in [3.05, 3.63) is 52.6 Å². The molecule has 1 aromatic carbocycles. The molecule has 7 nitrogen and oxygen atoms in total. The normalized spacial score (nSPS) is 10.5. The van der Waals surface area contributed by atoms with Crippen molar-refractivity contribution in [1.82, 2.24) is 14.8 Å². The first-order chi connectivity index (χ1) is 12.0. The van der Waals surface area contributed by atoms with Crippen LogP contribution < -0.4 is 5.32 Å². The van der Waals surface area contributed by atoms with E-state index >= 15 is 0 Å². The summed E-state index contributed by atoms with van der Waals surface area (Å²) in [6, 6.07) is 11.0. The third-order valence-corrected chi connectivity index (χ3v) is 4.16. The Morgan fingerprint density at radius 3 is 2.76 bits per heavy atom. The fourth-order valence-electron chi connectivity index (χ4n) is 2.06. The van der Waals surface area contributed by atoms with Crippen molar-refractivity contribution in [1.29, 1.82) is 0 Å². The molecule has 3 rings (SSSR count). The van der Waals surface area contributed by atoms with Crippen LogP contribution in [0.2, 0.25) is 5.15 Å². The standard InChI is InChI=1S/C16H13ClN4O3S/c1-21-12(7-13(17)20-21)15(23)24-8-14(22)19-16-18-11(9-25-16)10-5-3-2-4-6-10/h2-7,9H,8H2,1H3,(H,18,19,22). The summed E-state index contributed by atoms with van der Waals surface area (Å²) in [5, 5.41) is 8.88. The van der Waals surface area contributed by atoms with Crippen LogP contribution in [0.5, 0.6) is 0 Å². The van der Waals surface area contributed by atoms with Gasteiger partial charge in [0.25, 0.3) is 5.91 Å². The Kier molecular flexibility index (Phi) is 5.11. The number of nitrogens with one attached hydrogen (secondary N) is 1. The molecule has 0 aliphatic heterocycles. The number of aromatic nitrogens is 3. The number of hydrogen-bond acceptors (Lipinski definition) is 6. The molecule has 0 bridgehead atoms. The SMILES string of the molecule is Cn1nc(Cl)cc1C(=O)OCC(=O)Nc1nc(-c2ccccc2)cs1. The van der Waals surface area contributed by atoms with E-state index in [1.165, 1.54) is 22.1 Å². The minimum atomic E-state index is -0.679. The number of rotatable bonds is 5. The highest BCUT2D eigenvalue weighted by atomic mass is 35.5. The van der Waals surface area contributed by atoms with Gasteiger partial charge in [0, 0.05) is 24.1 Å². The quantitative estimate of drug-likeness (QED) is 0.692. The summed E-state index contributed by atoms with van der Waals surface area (Å²) in [6.07, 6.45) is 0. The predicted octanol–water partition coefficient (Wildman–Crippen LogP) is 2.99. The molecule has 0 saturated heterocycles. The fourth-order valence-corrected chi connectivity index (χ4v) is 3.01. The van der Waals surface area contributed by atoms with Crippen molar-refractivity contribution < 1.29 is 14.3 Å². The summed E-state index contributed by atoms with van der Waals surface area (Å²) in [5.41, 5.74) is 1.89. The van der Waals surface area contributed by atoms with Gasteiger partial charge in [-0.2, -0.15) is 5.10 Å². The summed E-state index contributed by atoms with van der Waals surface area (Å²) in [5.74, 6) is -1.16. The number of carbonyl (C=O) groups is 2. The molecule has 2 aromatic heterocycles. The molecule has 128 valence electrons. The highest BCUT2D eigenvalue weighted by molar-refractivity contribution is 7.14. The van der Waals surface area contributed by atoms with E-state index in [0.29, 0.717) is 5.13 Å². The summed E-state index contributed by atoms with van der Waals surface area (Å²) >= 11 is 7.00. The Balaban J connectivity index is 1.55. The number of ether oxygens (including phenoxy) is 1. The molecule has 0 aliphatic rings. The number of benzene rings is 1. The van der Waals surface area contributed by atoms with Gasteiger partial charge in [-0.25, -0.2) is 9.78 Å². The van der Waals surface area contributed by atoms with Crippen LogP contribution in [0.15, 0.2) is 41.8 Å². The molecular formula is C16H13ClN4O3S. The van der Waals surface area contributed by atoms with E-state index in [9.17, 15) is 9.59 Å². The Bertz CT molecular complexity index is 907.